The summed E-state index contributed by atoms with van der Waals surface area (Å²) in [5.74, 6) is -0.448. The van der Waals surface area contributed by atoms with E-state index in [1.807, 2.05) is 6.92 Å². The van der Waals surface area contributed by atoms with Gasteiger partial charge in [0.15, 0.2) is 0 Å². The monoisotopic (exact) mass is 228 g/mol. The zero-order valence-electron chi connectivity index (χ0n) is 8.27. The molecule has 2 N–H and O–H groups in total. The van der Waals surface area contributed by atoms with Gasteiger partial charge in [-0.1, -0.05) is 18.2 Å². The lowest BCUT2D eigenvalue weighted by molar-refractivity contribution is 0.443. The Morgan fingerprint density at radius 2 is 2.07 bits per heavy atom. The molecule has 0 unspecified atom stereocenters. The van der Waals surface area contributed by atoms with E-state index in [-0.39, 0.29) is 0 Å². The number of allylic oxidation sites excluding steroid dienone is 1. The summed E-state index contributed by atoms with van der Waals surface area (Å²) in [6.07, 6.45) is 0.555. The van der Waals surface area contributed by atoms with Gasteiger partial charge in [-0.3, -0.25) is 4.55 Å². The highest BCUT2D eigenvalue weighted by Gasteiger charge is 2.15. The first kappa shape index (κ1) is 11.7. The molecule has 82 valence electrons. The number of aromatic hydroxyl groups is 1. The maximum Gasteiger partial charge on any atom is 0.298 e. The fourth-order valence-electron chi connectivity index (χ4n) is 1.24. The first-order valence-corrected chi connectivity index (χ1v) is 5.68. The fraction of sp³-hybridized carbons (Fsp3) is 0.200. The zero-order valence-corrected chi connectivity index (χ0v) is 9.08. The van der Waals surface area contributed by atoms with Gasteiger partial charge in [-0.2, -0.15) is 8.42 Å². The van der Waals surface area contributed by atoms with Crippen LogP contribution in [0.15, 0.2) is 35.2 Å². The van der Waals surface area contributed by atoms with Crippen LogP contribution in [-0.2, 0) is 16.5 Å². The second-order valence-corrected chi connectivity index (χ2v) is 4.80. The van der Waals surface area contributed by atoms with Crippen molar-refractivity contribution < 1.29 is 18.1 Å². The van der Waals surface area contributed by atoms with Crippen LogP contribution in [0.5, 0.6) is 5.75 Å². The molecule has 15 heavy (non-hydrogen) atoms. The smallest absolute Gasteiger partial charge is 0.298 e. The maximum atomic E-state index is 10.8. The van der Waals surface area contributed by atoms with Crippen molar-refractivity contribution >= 4 is 10.1 Å². The molecule has 1 aromatic rings. The van der Waals surface area contributed by atoms with E-state index in [0.29, 0.717) is 6.42 Å². The molecule has 0 saturated carbocycles. The van der Waals surface area contributed by atoms with Crippen molar-refractivity contribution in [1.82, 2.24) is 0 Å². The lowest BCUT2D eigenvalue weighted by Gasteiger charge is -2.04. The van der Waals surface area contributed by atoms with Crippen molar-refractivity contribution in [2.45, 2.75) is 18.2 Å². The van der Waals surface area contributed by atoms with Crippen molar-refractivity contribution in [1.29, 1.82) is 0 Å². The van der Waals surface area contributed by atoms with Gasteiger partial charge in [-0.05, 0) is 31.0 Å². The van der Waals surface area contributed by atoms with Crippen LogP contribution in [0, 0.1) is 0 Å². The Hall–Kier alpha value is -1.33. The Balaban J connectivity index is 3.15. The molecule has 1 aromatic carbocycles. The molecule has 0 radical (unpaired) electrons. The van der Waals surface area contributed by atoms with Crippen LogP contribution in [-0.4, -0.2) is 18.1 Å². The Kier molecular flexibility index (Phi) is 3.16. The van der Waals surface area contributed by atoms with Crippen LogP contribution in [0.4, 0.5) is 0 Å². The van der Waals surface area contributed by atoms with Gasteiger partial charge in [0.2, 0.25) is 0 Å². The molecule has 0 aliphatic heterocycles. The fourth-order valence-corrected chi connectivity index (χ4v) is 1.80. The zero-order chi connectivity index (χ0) is 11.6. The molecule has 0 aliphatic rings. The van der Waals surface area contributed by atoms with Gasteiger partial charge < -0.3 is 5.11 Å². The first-order chi connectivity index (χ1) is 6.80. The summed E-state index contributed by atoms with van der Waals surface area (Å²) in [5, 5.41) is 9.37. The molecular formula is C10H12O4S. The van der Waals surface area contributed by atoms with Crippen LogP contribution in [0.1, 0.15) is 12.5 Å². The molecule has 0 aromatic heterocycles. The highest BCUT2D eigenvalue weighted by Crippen LogP contribution is 2.24. The molecule has 0 fully saturated rings. The SMILES string of the molecule is C=C(C)Cc1ccc(S(=O)(=O)O)c(O)c1. The molecule has 0 atom stereocenters. The van der Waals surface area contributed by atoms with Crippen LogP contribution < -0.4 is 0 Å². The predicted octanol–water partition coefficient (Wildman–Crippen LogP) is 1.76. The molecule has 0 saturated heterocycles. The van der Waals surface area contributed by atoms with Gasteiger partial charge in [0.05, 0.1) is 0 Å². The third-order valence-electron chi connectivity index (χ3n) is 1.81. The highest BCUT2D eigenvalue weighted by molar-refractivity contribution is 7.86. The Bertz CT molecular complexity index is 488. The van der Waals surface area contributed by atoms with Crippen molar-refractivity contribution in [2.75, 3.05) is 0 Å². The van der Waals surface area contributed by atoms with Crippen LogP contribution in [0.25, 0.3) is 0 Å². The predicted molar refractivity (Wildman–Crippen MR) is 56.4 cm³/mol. The van der Waals surface area contributed by atoms with Crippen LogP contribution in [0.2, 0.25) is 0 Å². The minimum Gasteiger partial charge on any atom is -0.506 e. The summed E-state index contributed by atoms with van der Waals surface area (Å²) in [6.45, 7) is 5.53. The normalized spacial score (nSPS) is 11.3. The molecule has 0 heterocycles. The topological polar surface area (TPSA) is 74.6 Å². The third kappa shape index (κ3) is 3.07. The molecule has 1 rings (SSSR count). The van der Waals surface area contributed by atoms with E-state index in [9.17, 15) is 13.5 Å². The molecule has 5 heteroatoms. The number of hydrogen-bond donors (Lipinski definition) is 2. The van der Waals surface area contributed by atoms with Crippen molar-refractivity contribution in [3.63, 3.8) is 0 Å². The van der Waals surface area contributed by atoms with E-state index in [4.69, 9.17) is 4.55 Å². The maximum absolute atomic E-state index is 10.8. The van der Waals surface area contributed by atoms with Gasteiger partial charge >= 0.3 is 0 Å². The molecule has 0 spiro atoms. The average molecular weight is 228 g/mol. The van der Waals surface area contributed by atoms with E-state index in [2.05, 4.69) is 6.58 Å². The number of hydrogen-bond acceptors (Lipinski definition) is 3. The lowest BCUT2D eigenvalue weighted by Crippen LogP contribution is -1.99. The number of phenols is 1. The first-order valence-electron chi connectivity index (χ1n) is 4.24. The van der Waals surface area contributed by atoms with Crippen LogP contribution in [0.3, 0.4) is 0 Å². The summed E-state index contributed by atoms with van der Waals surface area (Å²) in [4.78, 5) is -0.479. The van der Waals surface area contributed by atoms with Gasteiger partial charge in [0, 0.05) is 0 Å². The van der Waals surface area contributed by atoms with E-state index < -0.39 is 20.8 Å². The van der Waals surface area contributed by atoms with Crippen molar-refractivity contribution in [2.24, 2.45) is 0 Å². The summed E-state index contributed by atoms with van der Waals surface area (Å²) < 4.78 is 30.3. The quantitative estimate of drug-likeness (QED) is 0.610. The van der Waals surface area contributed by atoms with E-state index in [1.165, 1.54) is 18.2 Å². The second kappa shape index (κ2) is 4.04. The van der Waals surface area contributed by atoms with Crippen molar-refractivity contribution in [3.8, 4) is 5.75 Å². The van der Waals surface area contributed by atoms with Crippen molar-refractivity contribution in [3.05, 3.63) is 35.9 Å². The molecule has 0 aliphatic carbocycles. The van der Waals surface area contributed by atoms with E-state index >= 15 is 0 Å². The summed E-state index contributed by atoms with van der Waals surface area (Å²) >= 11 is 0. The average Bonchev–Trinajstić information content (AvgIpc) is 1.99. The van der Waals surface area contributed by atoms with Gasteiger partial charge in [0.25, 0.3) is 10.1 Å². The number of rotatable bonds is 3. The van der Waals surface area contributed by atoms with Gasteiger partial charge in [-0.15, -0.1) is 0 Å². The van der Waals surface area contributed by atoms with E-state index in [1.54, 1.807) is 0 Å². The molecule has 0 amide bonds. The molecule has 4 nitrogen and oxygen atoms in total. The highest BCUT2D eigenvalue weighted by atomic mass is 32.2. The Morgan fingerprint density at radius 1 is 1.47 bits per heavy atom. The summed E-state index contributed by atoms with van der Waals surface area (Å²) in [5.41, 5.74) is 1.64. The van der Waals surface area contributed by atoms with Gasteiger partial charge in [-0.25, -0.2) is 0 Å². The second-order valence-electron chi connectivity index (χ2n) is 3.41. The molecular weight excluding hydrogens is 216 g/mol. The Morgan fingerprint density at radius 3 is 2.47 bits per heavy atom. The lowest BCUT2D eigenvalue weighted by atomic mass is 10.1. The molecule has 0 bridgehead atoms. The summed E-state index contributed by atoms with van der Waals surface area (Å²) in [7, 11) is -4.35. The minimum atomic E-state index is -4.35. The minimum absolute atomic E-state index is 0.448. The van der Waals surface area contributed by atoms with Crippen LogP contribution >= 0.6 is 0 Å². The third-order valence-corrected chi connectivity index (χ3v) is 2.71. The van der Waals surface area contributed by atoms with E-state index in [0.717, 1.165) is 11.1 Å². The van der Waals surface area contributed by atoms with Gasteiger partial charge in [0.1, 0.15) is 10.6 Å². The standard InChI is InChI=1S/C10H12O4S/c1-7(2)5-8-3-4-10(9(11)6-8)15(12,13)14/h3-4,6,11H,1,5H2,2H3,(H,12,13,14). The Labute approximate surface area is 88.6 Å². The number of phenolic OH excluding ortho intramolecular Hbond substituents is 1. The largest absolute Gasteiger partial charge is 0.506 e. The summed E-state index contributed by atoms with van der Waals surface area (Å²) in [6, 6.07) is 4.00. The number of benzene rings is 1.